The van der Waals surface area contributed by atoms with Crippen LogP contribution in [-0.2, 0) is 14.4 Å². The number of amides is 2. The van der Waals surface area contributed by atoms with Gasteiger partial charge < -0.3 is 5.11 Å². The van der Waals surface area contributed by atoms with Gasteiger partial charge in [0, 0.05) is 12.0 Å². The van der Waals surface area contributed by atoms with E-state index in [1.807, 2.05) is 0 Å². The van der Waals surface area contributed by atoms with E-state index in [1.54, 1.807) is 18.2 Å². The molecule has 0 aromatic heterocycles. The maximum atomic E-state index is 12.0. The topological polar surface area (TPSA) is 91.8 Å². The Morgan fingerprint density at radius 3 is 2.37 bits per heavy atom. The number of benzene rings is 1. The van der Waals surface area contributed by atoms with Crippen LogP contribution in [0.5, 0.6) is 0 Å². The number of carboxylic acid groups (broad SMARTS) is 1. The van der Waals surface area contributed by atoms with Gasteiger partial charge in [-0.3, -0.25) is 19.3 Å². The highest BCUT2D eigenvalue weighted by molar-refractivity contribution is 6.45. The molecule has 1 aromatic rings. The van der Waals surface area contributed by atoms with Gasteiger partial charge in [0.1, 0.15) is 6.04 Å². The number of carbonyl (C=O) groups is 4. The van der Waals surface area contributed by atoms with E-state index < -0.39 is 29.6 Å². The van der Waals surface area contributed by atoms with Crippen LogP contribution in [0.15, 0.2) is 30.3 Å². The minimum Gasteiger partial charge on any atom is -0.480 e. The summed E-state index contributed by atoms with van der Waals surface area (Å²) in [5.74, 6) is -3.86. The Bertz CT molecular complexity index is 551. The van der Waals surface area contributed by atoms with Crippen molar-refractivity contribution in [2.45, 2.75) is 18.9 Å². The fourth-order valence-corrected chi connectivity index (χ4v) is 1.99. The lowest BCUT2D eigenvalue weighted by Gasteiger charge is -2.18. The number of likely N-dealkylation sites (tertiary alicyclic amines) is 1. The number of Topliss-reactive ketones (excluding diaryl/α,β-unsaturated/α-hetero) is 1. The van der Waals surface area contributed by atoms with Gasteiger partial charge in [-0.2, -0.15) is 0 Å². The third kappa shape index (κ3) is 2.37. The predicted octanol–water partition coefficient (Wildman–Crippen LogP) is 0.471. The van der Waals surface area contributed by atoms with Crippen molar-refractivity contribution in [2.75, 3.05) is 0 Å². The fraction of sp³-hybridized carbons (Fsp3) is 0.231. The highest BCUT2D eigenvalue weighted by Gasteiger charge is 2.42. The molecule has 0 bridgehead atoms. The first-order valence-corrected chi connectivity index (χ1v) is 5.71. The quantitative estimate of drug-likeness (QED) is 0.630. The molecule has 1 saturated heterocycles. The zero-order chi connectivity index (χ0) is 14.0. The van der Waals surface area contributed by atoms with E-state index >= 15 is 0 Å². The number of rotatable bonds is 3. The van der Waals surface area contributed by atoms with Gasteiger partial charge in [-0.1, -0.05) is 30.3 Å². The first-order valence-electron chi connectivity index (χ1n) is 5.71. The van der Waals surface area contributed by atoms with Crippen LogP contribution in [0.4, 0.5) is 0 Å². The second-order valence-electron chi connectivity index (χ2n) is 4.16. The van der Waals surface area contributed by atoms with Crippen LogP contribution >= 0.6 is 0 Å². The van der Waals surface area contributed by atoms with Crippen LogP contribution in [0.1, 0.15) is 23.2 Å². The normalized spacial score (nSPS) is 18.4. The van der Waals surface area contributed by atoms with Gasteiger partial charge in [-0.15, -0.1) is 0 Å². The molecule has 1 aromatic carbocycles. The van der Waals surface area contributed by atoms with E-state index in [-0.39, 0.29) is 18.4 Å². The van der Waals surface area contributed by atoms with E-state index in [0.717, 1.165) is 0 Å². The third-order valence-electron chi connectivity index (χ3n) is 2.95. The molecule has 0 radical (unpaired) electrons. The summed E-state index contributed by atoms with van der Waals surface area (Å²) in [6, 6.07) is 6.49. The largest absolute Gasteiger partial charge is 0.480 e. The summed E-state index contributed by atoms with van der Waals surface area (Å²) >= 11 is 0. The minimum atomic E-state index is -1.28. The van der Waals surface area contributed by atoms with Gasteiger partial charge in [-0.25, -0.2) is 4.79 Å². The molecule has 6 nitrogen and oxygen atoms in total. The molecular weight excluding hydrogens is 250 g/mol. The molecule has 1 heterocycles. The Kier molecular flexibility index (Phi) is 3.41. The van der Waals surface area contributed by atoms with Crippen molar-refractivity contribution in [3.8, 4) is 0 Å². The monoisotopic (exact) mass is 261 g/mol. The van der Waals surface area contributed by atoms with Gasteiger partial charge in [0.05, 0.1) is 0 Å². The van der Waals surface area contributed by atoms with Gasteiger partial charge in [0.2, 0.25) is 5.91 Å². The lowest BCUT2D eigenvalue weighted by molar-refractivity contribution is -0.152. The summed E-state index contributed by atoms with van der Waals surface area (Å²) in [6.07, 6.45) is 0.00670. The fourth-order valence-electron chi connectivity index (χ4n) is 1.99. The van der Waals surface area contributed by atoms with Crippen molar-refractivity contribution in [3.05, 3.63) is 35.9 Å². The number of hydrogen-bond acceptors (Lipinski definition) is 4. The number of imide groups is 1. The summed E-state index contributed by atoms with van der Waals surface area (Å²) < 4.78 is 0. The maximum Gasteiger partial charge on any atom is 0.326 e. The van der Waals surface area contributed by atoms with Gasteiger partial charge in [0.15, 0.2) is 0 Å². The van der Waals surface area contributed by atoms with E-state index in [0.29, 0.717) is 4.90 Å². The second kappa shape index (κ2) is 5.01. The lowest BCUT2D eigenvalue weighted by atomic mass is 10.1. The average Bonchev–Trinajstić information content (AvgIpc) is 2.80. The van der Waals surface area contributed by atoms with Crippen LogP contribution in [0.2, 0.25) is 0 Å². The predicted molar refractivity (Wildman–Crippen MR) is 63.3 cm³/mol. The van der Waals surface area contributed by atoms with Crippen LogP contribution in [0.25, 0.3) is 0 Å². The highest BCUT2D eigenvalue weighted by Crippen LogP contribution is 2.20. The van der Waals surface area contributed by atoms with Crippen molar-refractivity contribution in [1.29, 1.82) is 0 Å². The summed E-state index contributed by atoms with van der Waals surface area (Å²) in [5, 5.41) is 8.95. The van der Waals surface area contributed by atoms with Crippen molar-refractivity contribution in [2.24, 2.45) is 0 Å². The molecule has 1 fully saturated rings. The van der Waals surface area contributed by atoms with Crippen molar-refractivity contribution in [3.63, 3.8) is 0 Å². The molecule has 1 atom stereocenters. The SMILES string of the molecule is O=C(C(=O)N1C(=O)CCC1C(=O)O)c1ccccc1. The van der Waals surface area contributed by atoms with Gasteiger partial charge >= 0.3 is 11.9 Å². The van der Waals surface area contributed by atoms with Crippen molar-refractivity contribution >= 4 is 23.6 Å². The molecule has 2 rings (SSSR count). The van der Waals surface area contributed by atoms with Crippen LogP contribution in [0.3, 0.4) is 0 Å². The molecule has 0 saturated carbocycles. The zero-order valence-electron chi connectivity index (χ0n) is 9.91. The standard InChI is InChI=1S/C13H11NO5/c15-10-7-6-9(13(18)19)14(10)12(17)11(16)8-4-2-1-3-5-8/h1-5,9H,6-7H2,(H,18,19). The highest BCUT2D eigenvalue weighted by atomic mass is 16.4. The third-order valence-corrected chi connectivity index (χ3v) is 2.95. The van der Waals surface area contributed by atoms with E-state index in [9.17, 15) is 19.2 Å². The summed E-state index contributed by atoms with van der Waals surface area (Å²) in [6.45, 7) is 0. The maximum absolute atomic E-state index is 12.0. The zero-order valence-corrected chi connectivity index (χ0v) is 9.91. The average molecular weight is 261 g/mol. The van der Waals surface area contributed by atoms with E-state index in [2.05, 4.69) is 0 Å². The number of hydrogen-bond donors (Lipinski definition) is 1. The molecule has 98 valence electrons. The molecular formula is C13H11NO5. The number of carboxylic acids is 1. The molecule has 1 aliphatic heterocycles. The molecule has 1 unspecified atom stereocenters. The summed E-state index contributed by atoms with van der Waals surface area (Å²) in [5.41, 5.74) is 0.135. The molecule has 19 heavy (non-hydrogen) atoms. The minimum absolute atomic E-state index is 0.0369. The molecule has 0 aliphatic carbocycles. The molecule has 1 N–H and O–H groups in total. The van der Waals surface area contributed by atoms with E-state index in [4.69, 9.17) is 5.11 Å². The van der Waals surface area contributed by atoms with Crippen molar-refractivity contribution < 1.29 is 24.3 Å². The summed E-state index contributed by atoms with van der Waals surface area (Å²) in [4.78, 5) is 46.9. The van der Waals surface area contributed by atoms with Crippen LogP contribution < -0.4 is 0 Å². The Labute approximate surface area is 108 Å². The number of ketones is 1. The Morgan fingerprint density at radius 2 is 1.79 bits per heavy atom. The molecule has 0 spiro atoms. The number of nitrogens with zero attached hydrogens (tertiary/aromatic N) is 1. The Balaban J connectivity index is 2.26. The van der Waals surface area contributed by atoms with Crippen molar-refractivity contribution in [1.82, 2.24) is 4.90 Å². The van der Waals surface area contributed by atoms with Gasteiger partial charge in [-0.05, 0) is 6.42 Å². The van der Waals surface area contributed by atoms with Gasteiger partial charge in [0.25, 0.3) is 5.78 Å². The summed E-state index contributed by atoms with van der Waals surface area (Å²) in [7, 11) is 0. The molecule has 6 heteroatoms. The second-order valence-corrected chi connectivity index (χ2v) is 4.16. The van der Waals surface area contributed by atoms with Crippen LogP contribution in [-0.4, -0.2) is 39.6 Å². The smallest absolute Gasteiger partial charge is 0.326 e. The Morgan fingerprint density at radius 1 is 1.16 bits per heavy atom. The number of aliphatic carboxylic acids is 1. The first kappa shape index (κ1) is 12.9. The number of carbonyl (C=O) groups excluding carboxylic acids is 3. The first-order chi connectivity index (χ1) is 9.02. The van der Waals surface area contributed by atoms with Crippen LogP contribution in [0, 0.1) is 0 Å². The molecule has 2 amide bonds. The van der Waals surface area contributed by atoms with E-state index in [1.165, 1.54) is 12.1 Å². The lowest BCUT2D eigenvalue weighted by Crippen LogP contribution is -2.46. The molecule has 1 aliphatic rings. The Hall–Kier alpha value is -2.50.